The Kier molecular flexibility index (Phi) is 4.25. The minimum Gasteiger partial charge on any atom is -0.547 e. The van der Waals surface area contributed by atoms with Crippen LogP contribution in [-0.4, -0.2) is 8.32 Å². The standard InChI is InChI=1S/C18H28O2Si/c1-8-15-13(2)17(20-21(5,6)7)9-11-18(15,4)16-10-12-19-14(16)3/h8,10,12,15H,1,9,11H2,2-7H3/t15-,18-/m0/s1. The summed E-state index contributed by atoms with van der Waals surface area (Å²) < 4.78 is 11.9. The number of aryl methyl sites for hydroxylation is 1. The van der Waals surface area contributed by atoms with E-state index in [0.717, 1.165) is 18.6 Å². The minimum atomic E-state index is -1.56. The second kappa shape index (κ2) is 5.52. The third kappa shape index (κ3) is 3.03. The van der Waals surface area contributed by atoms with Gasteiger partial charge in [0.05, 0.1) is 12.0 Å². The molecule has 0 fully saturated rings. The van der Waals surface area contributed by atoms with E-state index in [1.807, 2.05) is 6.92 Å². The Morgan fingerprint density at radius 1 is 1.38 bits per heavy atom. The Hall–Kier alpha value is -1.22. The van der Waals surface area contributed by atoms with Crippen molar-refractivity contribution in [1.29, 1.82) is 0 Å². The molecule has 2 nitrogen and oxygen atoms in total. The number of hydrogen-bond donors (Lipinski definition) is 0. The zero-order valence-corrected chi connectivity index (χ0v) is 15.2. The molecule has 0 spiro atoms. The first-order valence-electron chi connectivity index (χ1n) is 7.75. The molecule has 1 aromatic rings. The van der Waals surface area contributed by atoms with E-state index in [0.29, 0.717) is 5.92 Å². The van der Waals surface area contributed by atoms with Crippen LogP contribution in [0.2, 0.25) is 19.6 Å². The summed E-state index contributed by atoms with van der Waals surface area (Å²) in [5.74, 6) is 2.51. The van der Waals surface area contributed by atoms with E-state index in [-0.39, 0.29) is 5.41 Å². The number of hydrogen-bond acceptors (Lipinski definition) is 2. The zero-order valence-electron chi connectivity index (χ0n) is 14.2. The number of allylic oxidation sites excluding steroid dienone is 3. The number of furan rings is 1. The van der Waals surface area contributed by atoms with Gasteiger partial charge in [0.1, 0.15) is 5.76 Å². The minimum absolute atomic E-state index is 0.0508. The summed E-state index contributed by atoms with van der Waals surface area (Å²) in [6.07, 6.45) is 5.94. The van der Waals surface area contributed by atoms with Gasteiger partial charge in [0, 0.05) is 23.3 Å². The van der Waals surface area contributed by atoms with Gasteiger partial charge < -0.3 is 8.84 Å². The van der Waals surface area contributed by atoms with Crippen molar-refractivity contribution in [3.05, 3.63) is 47.6 Å². The van der Waals surface area contributed by atoms with Crippen molar-refractivity contribution in [1.82, 2.24) is 0 Å². The summed E-state index contributed by atoms with van der Waals surface area (Å²) in [4.78, 5) is 0. The predicted molar refractivity (Wildman–Crippen MR) is 90.8 cm³/mol. The maximum atomic E-state index is 6.31. The summed E-state index contributed by atoms with van der Waals surface area (Å²) in [5, 5.41) is 0. The fraction of sp³-hybridized carbons (Fsp3) is 0.556. The summed E-state index contributed by atoms with van der Waals surface area (Å²) in [7, 11) is -1.56. The molecule has 1 aliphatic rings. The van der Waals surface area contributed by atoms with Crippen molar-refractivity contribution in [2.75, 3.05) is 0 Å². The van der Waals surface area contributed by atoms with Gasteiger partial charge in [-0.05, 0) is 51.5 Å². The van der Waals surface area contributed by atoms with Crippen molar-refractivity contribution in [3.8, 4) is 0 Å². The van der Waals surface area contributed by atoms with Crippen LogP contribution in [0.4, 0.5) is 0 Å². The highest BCUT2D eigenvalue weighted by atomic mass is 28.4. The molecule has 0 aliphatic heterocycles. The fourth-order valence-corrected chi connectivity index (χ4v) is 4.60. The van der Waals surface area contributed by atoms with Crippen molar-refractivity contribution in [2.24, 2.45) is 5.92 Å². The highest BCUT2D eigenvalue weighted by Crippen LogP contribution is 2.48. The van der Waals surface area contributed by atoms with Gasteiger partial charge in [-0.15, -0.1) is 6.58 Å². The summed E-state index contributed by atoms with van der Waals surface area (Å²) in [6.45, 7) is 17.4. The molecule has 0 amide bonds. The van der Waals surface area contributed by atoms with Crippen LogP contribution < -0.4 is 0 Å². The third-order valence-corrected chi connectivity index (χ3v) is 5.46. The summed E-state index contributed by atoms with van der Waals surface area (Å²) in [5.41, 5.74) is 2.69. The molecule has 2 atom stereocenters. The Bertz CT molecular complexity index is 562. The van der Waals surface area contributed by atoms with Crippen molar-refractivity contribution in [3.63, 3.8) is 0 Å². The van der Waals surface area contributed by atoms with Crippen LogP contribution in [0.3, 0.4) is 0 Å². The molecule has 1 aliphatic carbocycles. The van der Waals surface area contributed by atoms with Crippen molar-refractivity contribution >= 4 is 8.32 Å². The van der Waals surface area contributed by atoms with E-state index in [1.54, 1.807) is 6.26 Å². The van der Waals surface area contributed by atoms with Gasteiger partial charge in [-0.2, -0.15) is 0 Å². The lowest BCUT2D eigenvalue weighted by molar-refractivity contribution is 0.273. The zero-order chi connectivity index (χ0) is 15.8. The highest BCUT2D eigenvalue weighted by molar-refractivity contribution is 6.70. The number of rotatable bonds is 4. The monoisotopic (exact) mass is 304 g/mol. The van der Waals surface area contributed by atoms with Gasteiger partial charge in [-0.1, -0.05) is 13.0 Å². The first-order chi connectivity index (χ1) is 9.69. The highest BCUT2D eigenvalue weighted by Gasteiger charge is 2.42. The lowest BCUT2D eigenvalue weighted by atomic mass is 9.63. The topological polar surface area (TPSA) is 22.4 Å². The molecule has 1 aromatic heterocycles. The smallest absolute Gasteiger partial charge is 0.241 e. The van der Waals surface area contributed by atoms with Crippen LogP contribution in [0.1, 0.15) is 38.0 Å². The van der Waals surface area contributed by atoms with Gasteiger partial charge in [0.2, 0.25) is 8.32 Å². The maximum Gasteiger partial charge on any atom is 0.241 e. The second-order valence-corrected chi connectivity index (χ2v) is 11.8. The molecule has 0 saturated heterocycles. The molecule has 21 heavy (non-hydrogen) atoms. The van der Waals surface area contributed by atoms with E-state index in [9.17, 15) is 0 Å². The Balaban J connectivity index is 2.42. The van der Waals surface area contributed by atoms with E-state index in [4.69, 9.17) is 8.84 Å². The molecule has 116 valence electrons. The van der Waals surface area contributed by atoms with Crippen LogP contribution in [0.15, 0.2) is 40.7 Å². The normalized spacial score (nSPS) is 26.9. The van der Waals surface area contributed by atoms with Crippen LogP contribution in [0.25, 0.3) is 0 Å². The van der Waals surface area contributed by atoms with E-state index in [1.165, 1.54) is 16.9 Å². The van der Waals surface area contributed by atoms with Crippen LogP contribution in [0, 0.1) is 12.8 Å². The van der Waals surface area contributed by atoms with Gasteiger partial charge in [-0.25, -0.2) is 0 Å². The lowest BCUT2D eigenvalue weighted by Crippen LogP contribution is -2.37. The maximum absolute atomic E-state index is 6.31. The Labute approximate surface area is 130 Å². The largest absolute Gasteiger partial charge is 0.547 e. The predicted octanol–water partition coefficient (Wildman–Crippen LogP) is 5.57. The molecule has 0 radical (unpaired) electrons. The molecule has 0 bridgehead atoms. The van der Waals surface area contributed by atoms with Crippen LogP contribution in [0.5, 0.6) is 0 Å². The Morgan fingerprint density at radius 2 is 2.05 bits per heavy atom. The quantitative estimate of drug-likeness (QED) is 0.536. The molecule has 0 N–H and O–H groups in total. The van der Waals surface area contributed by atoms with E-state index in [2.05, 4.69) is 52.2 Å². The molecular formula is C18H28O2Si. The van der Waals surface area contributed by atoms with Gasteiger partial charge in [-0.3, -0.25) is 0 Å². The SMILES string of the molecule is C=C[C@H]1C(C)=C(O[Si](C)(C)C)CC[C@]1(C)c1ccoc1C. The molecule has 1 heterocycles. The average molecular weight is 305 g/mol. The molecule has 2 rings (SSSR count). The van der Waals surface area contributed by atoms with Gasteiger partial charge in [0.25, 0.3) is 0 Å². The Morgan fingerprint density at radius 3 is 2.52 bits per heavy atom. The van der Waals surface area contributed by atoms with Crippen LogP contribution in [-0.2, 0) is 9.84 Å². The molecule has 0 saturated carbocycles. The second-order valence-electron chi connectivity index (χ2n) is 7.34. The van der Waals surface area contributed by atoms with Gasteiger partial charge >= 0.3 is 0 Å². The average Bonchev–Trinajstić information content (AvgIpc) is 2.79. The third-order valence-electron chi connectivity index (χ3n) is 4.60. The first-order valence-corrected chi connectivity index (χ1v) is 11.2. The molecule has 3 heteroatoms. The van der Waals surface area contributed by atoms with Crippen molar-refractivity contribution < 1.29 is 8.84 Å². The van der Waals surface area contributed by atoms with Gasteiger partial charge in [0.15, 0.2) is 0 Å². The summed E-state index contributed by atoms with van der Waals surface area (Å²) >= 11 is 0. The molecule has 0 unspecified atom stereocenters. The molecular weight excluding hydrogens is 276 g/mol. The fourth-order valence-electron chi connectivity index (χ4n) is 3.59. The summed E-state index contributed by atoms with van der Waals surface area (Å²) in [6, 6.07) is 2.11. The van der Waals surface area contributed by atoms with E-state index < -0.39 is 8.32 Å². The first kappa shape index (κ1) is 16.2. The van der Waals surface area contributed by atoms with Crippen LogP contribution >= 0.6 is 0 Å². The molecule has 0 aromatic carbocycles. The van der Waals surface area contributed by atoms with E-state index >= 15 is 0 Å². The lowest BCUT2D eigenvalue weighted by Gasteiger charge is -2.42. The van der Waals surface area contributed by atoms with Crippen molar-refractivity contribution in [2.45, 2.75) is 58.7 Å².